The summed E-state index contributed by atoms with van der Waals surface area (Å²) >= 11 is 0. The Morgan fingerprint density at radius 3 is 2.62 bits per heavy atom. The number of hydrogen-bond donors (Lipinski definition) is 1. The van der Waals surface area contributed by atoms with Gasteiger partial charge < -0.3 is 5.11 Å². The van der Waals surface area contributed by atoms with Crippen molar-refractivity contribution in [3.63, 3.8) is 0 Å². The maximum absolute atomic E-state index is 11.1. The van der Waals surface area contributed by atoms with Crippen LogP contribution in [0.15, 0.2) is 6.20 Å². The fraction of sp³-hybridized carbons (Fsp3) is 0.700. The van der Waals surface area contributed by atoms with E-state index >= 15 is 0 Å². The molecular weight excluding hydrogens is 208 g/mol. The highest BCUT2D eigenvalue weighted by atomic mass is 16.4. The van der Waals surface area contributed by atoms with Crippen LogP contribution in [0.25, 0.3) is 0 Å². The van der Waals surface area contributed by atoms with Gasteiger partial charge in [-0.25, -0.2) is 0 Å². The van der Waals surface area contributed by atoms with Crippen LogP contribution in [-0.4, -0.2) is 43.1 Å². The number of nitrogens with zero attached hydrogens (tertiary/aromatic N) is 4. The van der Waals surface area contributed by atoms with Gasteiger partial charge in [-0.15, -0.1) is 5.10 Å². The molecule has 0 saturated carbocycles. The van der Waals surface area contributed by atoms with Crippen molar-refractivity contribution in [3.8, 4) is 0 Å². The zero-order chi connectivity index (χ0) is 12.3. The molecule has 1 heterocycles. The first-order valence-electron chi connectivity index (χ1n) is 5.21. The van der Waals surface area contributed by atoms with Crippen LogP contribution in [0.1, 0.15) is 26.5 Å². The monoisotopic (exact) mass is 226 g/mol. The first kappa shape index (κ1) is 12.6. The van der Waals surface area contributed by atoms with E-state index < -0.39 is 11.5 Å². The van der Waals surface area contributed by atoms with Gasteiger partial charge in [0.25, 0.3) is 0 Å². The molecule has 0 amide bonds. The summed E-state index contributed by atoms with van der Waals surface area (Å²) in [6, 6.07) is 0. The molecule has 1 aromatic rings. The SMILES string of the molecule is CCN(Cc1cn(C)nn1)C(C)(C)C(=O)O. The molecule has 1 aromatic heterocycles. The van der Waals surface area contributed by atoms with Gasteiger partial charge in [0.05, 0.1) is 5.69 Å². The van der Waals surface area contributed by atoms with Crippen molar-refractivity contribution in [2.45, 2.75) is 32.9 Å². The molecular formula is C10H18N4O2. The van der Waals surface area contributed by atoms with Crippen LogP contribution in [0.5, 0.6) is 0 Å². The Morgan fingerprint density at radius 1 is 1.62 bits per heavy atom. The normalized spacial score (nSPS) is 12.1. The van der Waals surface area contributed by atoms with Gasteiger partial charge in [-0.2, -0.15) is 0 Å². The summed E-state index contributed by atoms with van der Waals surface area (Å²) in [7, 11) is 1.79. The smallest absolute Gasteiger partial charge is 0.323 e. The number of aryl methyl sites for hydroxylation is 1. The highest BCUT2D eigenvalue weighted by Crippen LogP contribution is 2.16. The van der Waals surface area contributed by atoms with Crippen LogP contribution >= 0.6 is 0 Å². The van der Waals surface area contributed by atoms with E-state index in [-0.39, 0.29) is 0 Å². The van der Waals surface area contributed by atoms with E-state index in [2.05, 4.69) is 10.3 Å². The molecule has 0 saturated heterocycles. The van der Waals surface area contributed by atoms with Crippen molar-refractivity contribution in [3.05, 3.63) is 11.9 Å². The van der Waals surface area contributed by atoms with Crippen molar-refractivity contribution in [2.24, 2.45) is 7.05 Å². The fourth-order valence-corrected chi connectivity index (χ4v) is 1.50. The predicted molar refractivity (Wildman–Crippen MR) is 58.8 cm³/mol. The van der Waals surface area contributed by atoms with Crippen molar-refractivity contribution in [1.29, 1.82) is 0 Å². The number of aromatic nitrogens is 3. The molecule has 0 aliphatic rings. The summed E-state index contributed by atoms with van der Waals surface area (Å²) < 4.78 is 1.61. The van der Waals surface area contributed by atoms with Crippen LogP contribution in [0, 0.1) is 0 Å². The summed E-state index contributed by atoms with van der Waals surface area (Å²) in [4.78, 5) is 13.0. The molecule has 0 unspecified atom stereocenters. The van der Waals surface area contributed by atoms with Crippen molar-refractivity contribution in [1.82, 2.24) is 19.9 Å². The molecule has 1 N–H and O–H groups in total. The summed E-state index contributed by atoms with van der Waals surface area (Å²) in [5, 5.41) is 16.9. The number of carboxylic acid groups (broad SMARTS) is 1. The first-order chi connectivity index (χ1) is 7.37. The third kappa shape index (κ3) is 2.57. The Labute approximate surface area is 94.9 Å². The summed E-state index contributed by atoms with van der Waals surface area (Å²) in [5.41, 5.74) is -0.120. The van der Waals surface area contributed by atoms with Crippen molar-refractivity contribution in [2.75, 3.05) is 6.54 Å². The molecule has 0 aliphatic heterocycles. The van der Waals surface area contributed by atoms with E-state index in [1.165, 1.54) is 0 Å². The van der Waals surface area contributed by atoms with Gasteiger partial charge in [0.2, 0.25) is 0 Å². The van der Waals surface area contributed by atoms with E-state index in [0.29, 0.717) is 13.1 Å². The second kappa shape index (κ2) is 4.61. The van der Waals surface area contributed by atoms with E-state index in [4.69, 9.17) is 5.11 Å². The predicted octanol–water partition coefficient (Wildman–Crippen LogP) is 0.500. The summed E-state index contributed by atoms with van der Waals surface area (Å²) in [5.74, 6) is -0.835. The molecule has 0 aliphatic carbocycles. The Balaban J connectivity index is 2.80. The number of carboxylic acids is 1. The maximum atomic E-state index is 11.1. The van der Waals surface area contributed by atoms with Gasteiger partial charge in [-0.1, -0.05) is 12.1 Å². The zero-order valence-electron chi connectivity index (χ0n) is 10.1. The highest BCUT2D eigenvalue weighted by molar-refractivity contribution is 5.77. The first-order valence-corrected chi connectivity index (χ1v) is 5.21. The Kier molecular flexibility index (Phi) is 3.64. The minimum absolute atomic E-state index is 0.490. The minimum atomic E-state index is -0.897. The summed E-state index contributed by atoms with van der Waals surface area (Å²) in [6.45, 7) is 6.45. The molecule has 6 heteroatoms. The fourth-order valence-electron chi connectivity index (χ4n) is 1.50. The lowest BCUT2D eigenvalue weighted by Crippen LogP contribution is -2.49. The van der Waals surface area contributed by atoms with E-state index in [1.807, 2.05) is 11.8 Å². The number of hydrogen-bond acceptors (Lipinski definition) is 4. The van der Waals surface area contributed by atoms with Crippen LogP contribution in [0.3, 0.4) is 0 Å². The van der Waals surface area contributed by atoms with Crippen LogP contribution in [-0.2, 0) is 18.4 Å². The molecule has 1 rings (SSSR count). The molecule has 0 radical (unpaired) electrons. The van der Waals surface area contributed by atoms with Crippen molar-refractivity contribution < 1.29 is 9.90 Å². The number of likely N-dealkylation sites (N-methyl/N-ethyl adjacent to an activating group) is 1. The molecule has 0 atom stereocenters. The second-order valence-electron chi connectivity index (χ2n) is 4.26. The molecule has 6 nitrogen and oxygen atoms in total. The van der Waals surface area contributed by atoms with Crippen LogP contribution < -0.4 is 0 Å². The molecule has 0 fully saturated rings. The minimum Gasteiger partial charge on any atom is -0.480 e. The summed E-state index contributed by atoms with van der Waals surface area (Å²) in [6.07, 6.45) is 1.79. The second-order valence-corrected chi connectivity index (χ2v) is 4.26. The lowest BCUT2D eigenvalue weighted by Gasteiger charge is -2.33. The van der Waals surface area contributed by atoms with Crippen LogP contribution in [0.4, 0.5) is 0 Å². The lowest BCUT2D eigenvalue weighted by atomic mass is 10.0. The molecule has 0 aromatic carbocycles. The van der Waals surface area contributed by atoms with Gasteiger partial charge in [-0.3, -0.25) is 14.4 Å². The van der Waals surface area contributed by atoms with Gasteiger partial charge in [0.15, 0.2) is 0 Å². The lowest BCUT2D eigenvalue weighted by molar-refractivity contribution is -0.149. The topological polar surface area (TPSA) is 71.2 Å². The van der Waals surface area contributed by atoms with Gasteiger partial charge in [0, 0.05) is 19.8 Å². The average Bonchev–Trinajstić information content (AvgIpc) is 2.60. The largest absolute Gasteiger partial charge is 0.480 e. The number of rotatable bonds is 5. The highest BCUT2D eigenvalue weighted by Gasteiger charge is 2.33. The van der Waals surface area contributed by atoms with Gasteiger partial charge >= 0.3 is 5.97 Å². The van der Waals surface area contributed by atoms with E-state index in [9.17, 15) is 4.79 Å². The molecule has 0 spiro atoms. The quantitative estimate of drug-likeness (QED) is 0.791. The van der Waals surface area contributed by atoms with Gasteiger partial charge in [0.1, 0.15) is 5.54 Å². The zero-order valence-corrected chi connectivity index (χ0v) is 10.1. The molecule has 16 heavy (non-hydrogen) atoms. The van der Waals surface area contributed by atoms with Crippen LogP contribution in [0.2, 0.25) is 0 Å². The third-order valence-corrected chi connectivity index (χ3v) is 2.70. The van der Waals surface area contributed by atoms with E-state index in [0.717, 1.165) is 5.69 Å². The van der Waals surface area contributed by atoms with Crippen molar-refractivity contribution >= 4 is 5.97 Å². The molecule has 0 bridgehead atoms. The number of aliphatic carboxylic acids is 1. The third-order valence-electron chi connectivity index (χ3n) is 2.70. The number of carbonyl (C=O) groups is 1. The standard InChI is InChI=1S/C10H18N4O2/c1-5-14(10(2,3)9(15)16)7-8-6-13(4)12-11-8/h6H,5,7H2,1-4H3,(H,15,16). The Bertz CT molecular complexity index is 373. The Morgan fingerprint density at radius 2 is 2.25 bits per heavy atom. The molecule has 90 valence electrons. The maximum Gasteiger partial charge on any atom is 0.323 e. The Hall–Kier alpha value is -1.43. The average molecular weight is 226 g/mol. The van der Waals surface area contributed by atoms with Gasteiger partial charge in [-0.05, 0) is 20.4 Å². The van der Waals surface area contributed by atoms with E-state index in [1.54, 1.807) is 31.8 Å².